The molecule has 0 saturated heterocycles. The lowest BCUT2D eigenvalue weighted by atomic mass is 9.99. The summed E-state index contributed by atoms with van der Waals surface area (Å²) in [5.74, 6) is 0.587. The highest BCUT2D eigenvalue weighted by molar-refractivity contribution is 7.39. The van der Waals surface area contributed by atoms with Crippen molar-refractivity contribution < 1.29 is 14.3 Å². The van der Waals surface area contributed by atoms with Gasteiger partial charge in [0, 0.05) is 0 Å². The van der Waals surface area contributed by atoms with Gasteiger partial charge >= 0.3 is 8.60 Å². The van der Waals surface area contributed by atoms with Crippen molar-refractivity contribution in [3.8, 4) is 16.9 Å². The van der Waals surface area contributed by atoms with Gasteiger partial charge in [0.25, 0.3) is 0 Å². The molecule has 0 spiro atoms. The Morgan fingerprint density at radius 2 is 1.26 bits per heavy atom. The smallest absolute Gasteiger partial charge is 0.391 e. The second-order valence-electron chi connectivity index (χ2n) is 9.22. The first-order valence-corrected chi connectivity index (χ1v) is 14.6. The van der Waals surface area contributed by atoms with Crippen LogP contribution in [0.1, 0.15) is 102 Å². The van der Waals surface area contributed by atoms with Crippen molar-refractivity contribution in [2.45, 2.75) is 103 Å². The number of allylic oxidation sites excluding steroid dienone is 2. The molecule has 0 aromatic heterocycles. The SMILES string of the molecule is CCCCCCCC/C=C\CCCCCCCCc1cc(-c2ccccc2)ccc1OP(O)O. The van der Waals surface area contributed by atoms with Gasteiger partial charge in [0.2, 0.25) is 0 Å². The summed E-state index contributed by atoms with van der Waals surface area (Å²) in [5.41, 5.74) is 3.34. The summed E-state index contributed by atoms with van der Waals surface area (Å²) in [5, 5.41) is 0. The molecule has 4 heteroatoms. The highest BCUT2D eigenvalue weighted by Crippen LogP contribution is 2.35. The van der Waals surface area contributed by atoms with Crippen LogP contribution in [0.15, 0.2) is 60.7 Å². The fraction of sp³-hybridized carbons (Fsp3) is 0.533. The Bertz CT molecular complexity index is 789. The Morgan fingerprint density at radius 1 is 0.676 bits per heavy atom. The molecule has 0 bridgehead atoms. The first-order chi connectivity index (χ1) is 16.7. The van der Waals surface area contributed by atoms with Gasteiger partial charge in [-0.1, -0.05) is 113 Å². The van der Waals surface area contributed by atoms with Gasteiger partial charge in [-0.25, -0.2) is 0 Å². The molecular weight excluding hydrogens is 439 g/mol. The van der Waals surface area contributed by atoms with E-state index in [-0.39, 0.29) is 0 Å². The van der Waals surface area contributed by atoms with Gasteiger partial charge in [-0.3, -0.25) is 0 Å². The van der Waals surface area contributed by atoms with Crippen LogP contribution >= 0.6 is 8.60 Å². The van der Waals surface area contributed by atoms with Crippen molar-refractivity contribution in [3.05, 3.63) is 66.2 Å². The maximum Gasteiger partial charge on any atom is 0.391 e. The summed E-state index contributed by atoms with van der Waals surface area (Å²) in [4.78, 5) is 18.6. The molecule has 0 atom stereocenters. The van der Waals surface area contributed by atoms with E-state index in [2.05, 4.69) is 37.3 Å². The largest absolute Gasteiger partial charge is 0.427 e. The van der Waals surface area contributed by atoms with E-state index in [4.69, 9.17) is 4.52 Å². The highest BCUT2D eigenvalue weighted by atomic mass is 31.2. The first kappa shape index (κ1) is 28.6. The van der Waals surface area contributed by atoms with Crippen LogP contribution in [0, 0.1) is 0 Å². The number of rotatable bonds is 19. The zero-order valence-corrected chi connectivity index (χ0v) is 22.0. The molecular formula is C30H45O3P. The van der Waals surface area contributed by atoms with Gasteiger partial charge in [-0.15, -0.1) is 0 Å². The summed E-state index contributed by atoms with van der Waals surface area (Å²) < 4.78 is 5.29. The number of benzene rings is 2. The molecule has 3 nitrogen and oxygen atoms in total. The van der Waals surface area contributed by atoms with Gasteiger partial charge in [-0.05, 0) is 67.3 Å². The minimum Gasteiger partial charge on any atom is -0.427 e. The van der Waals surface area contributed by atoms with Gasteiger partial charge in [0.1, 0.15) is 5.75 Å². The van der Waals surface area contributed by atoms with Crippen LogP contribution in [-0.2, 0) is 6.42 Å². The minimum absolute atomic E-state index is 0.587. The van der Waals surface area contributed by atoms with E-state index in [0.29, 0.717) is 5.75 Å². The quantitative estimate of drug-likeness (QED) is 0.119. The molecule has 0 aliphatic rings. The highest BCUT2D eigenvalue weighted by Gasteiger charge is 2.10. The molecule has 34 heavy (non-hydrogen) atoms. The van der Waals surface area contributed by atoms with Crippen LogP contribution in [0.2, 0.25) is 0 Å². The lowest BCUT2D eigenvalue weighted by molar-refractivity contribution is 0.373. The van der Waals surface area contributed by atoms with Crippen LogP contribution in [0.4, 0.5) is 0 Å². The Hall–Kier alpha value is -1.67. The summed E-state index contributed by atoms with van der Waals surface area (Å²) in [6.07, 6.45) is 23.8. The standard InChI is InChI=1S/C30H45O3P/c1-2-3-4-5-6-7-8-9-10-11-12-13-14-15-16-18-23-29-26-28(27-21-19-17-20-22-27)24-25-30(29)33-34(31)32/h9-10,17,19-22,24-26,31-32H,2-8,11-16,18,23H2,1H3/b10-9-. The third-order valence-electron chi connectivity index (χ3n) is 6.31. The number of hydrogen-bond acceptors (Lipinski definition) is 3. The van der Waals surface area contributed by atoms with Gasteiger partial charge < -0.3 is 14.3 Å². The normalized spacial score (nSPS) is 11.5. The Morgan fingerprint density at radius 3 is 1.88 bits per heavy atom. The molecule has 0 aliphatic carbocycles. The van der Waals surface area contributed by atoms with Crippen molar-refractivity contribution in [1.82, 2.24) is 0 Å². The minimum atomic E-state index is -2.40. The van der Waals surface area contributed by atoms with Crippen LogP contribution in [0.3, 0.4) is 0 Å². The predicted octanol–water partition coefficient (Wildman–Crippen LogP) is 9.52. The predicted molar refractivity (Wildman–Crippen MR) is 147 cm³/mol. The first-order valence-electron chi connectivity index (χ1n) is 13.4. The maximum absolute atomic E-state index is 9.32. The van der Waals surface area contributed by atoms with E-state index >= 15 is 0 Å². The molecule has 0 amide bonds. The van der Waals surface area contributed by atoms with E-state index < -0.39 is 8.60 Å². The number of aryl methyl sites for hydroxylation is 1. The molecule has 0 saturated carbocycles. The summed E-state index contributed by atoms with van der Waals surface area (Å²) in [7, 11) is -2.40. The van der Waals surface area contributed by atoms with Crippen molar-refractivity contribution in [1.29, 1.82) is 0 Å². The molecule has 2 N–H and O–H groups in total. The van der Waals surface area contributed by atoms with E-state index in [1.165, 1.54) is 83.5 Å². The van der Waals surface area contributed by atoms with E-state index in [0.717, 1.165) is 29.5 Å². The maximum atomic E-state index is 9.32. The second-order valence-corrected chi connectivity index (χ2v) is 9.91. The number of hydrogen-bond donors (Lipinski definition) is 2. The molecule has 2 aromatic carbocycles. The average Bonchev–Trinajstić information content (AvgIpc) is 2.85. The monoisotopic (exact) mass is 484 g/mol. The molecule has 0 fully saturated rings. The second kappa shape index (κ2) is 18.6. The zero-order chi connectivity index (χ0) is 24.3. The summed E-state index contributed by atoms with van der Waals surface area (Å²) in [6.45, 7) is 2.27. The van der Waals surface area contributed by atoms with Crippen LogP contribution in [0.5, 0.6) is 5.75 Å². The summed E-state index contributed by atoms with van der Waals surface area (Å²) in [6, 6.07) is 16.2. The fourth-order valence-corrected chi connectivity index (χ4v) is 4.68. The number of unbranched alkanes of at least 4 members (excludes halogenated alkanes) is 12. The molecule has 0 aliphatic heterocycles. The van der Waals surface area contributed by atoms with Crippen LogP contribution < -0.4 is 4.52 Å². The third-order valence-corrected chi connectivity index (χ3v) is 6.67. The van der Waals surface area contributed by atoms with Gasteiger partial charge in [0.15, 0.2) is 0 Å². The van der Waals surface area contributed by atoms with E-state index in [1.807, 2.05) is 30.3 Å². The van der Waals surface area contributed by atoms with Crippen LogP contribution in [-0.4, -0.2) is 9.79 Å². The van der Waals surface area contributed by atoms with Crippen molar-refractivity contribution in [2.75, 3.05) is 0 Å². The lowest BCUT2D eigenvalue weighted by Crippen LogP contribution is -1.94. The molecule has 2 rings (SSSR count). The average molecular weight is 485 g/mol. The summed E-state index contributed by atoms with van der Waals surface area (Å²) >= 11 is 0. The van der Waals surface area contributed by atoms with Crippen molar-refractivity contribution in [2.24, 2.45) is 0 Å². The molecule has 0 radical (unpaired) electrons. The van der Waals surface area contributed by atoms with E-state index in [1.54, 1.807) is 0 Å². The Kier molecular flexibility index (Phi) is 15.7. The van der Waals surface area contributed by atoms with Crippen molar-refractivity contribution >= 4 is 8.60 Å². The lowest BCUT2D eigenvalue weighted by Gasteiger charge is -2.13. The fourth-order valence-electron chi connectivity index (χ4n) is 4.32. The zero-order valence-electron chi connectivity index (χ0n) is 21.1. The Balaban J connectivity index is 1.60. The van der Waals surface area contributed by atoms with Crippen LogP contribution in [0.25, 0.3) is 11.1 Å². The van der Waals surface area contributed by atoms with Gasteiger partial charge in [0.05, 0.1) is 0 Å². The molecule has 2 aromatic rings. The third kappa shape index (κ3) is 12.7. The Labute approximate surface area is 209 Å². The van der Waals surface area contributed by atoms with Crippen molar-refractivity contribution in [3.63, 3.8) is 0 Å². The molecule has 188 valence electrons. The molecule has 0 unspecified atom stereocenters. The molecule has 0 heterocycles. The van der Waals surface area contributed by atoms with E-state index in [9.17, 15) is 9.79 Å². The topological polar surface area (TPSA) is 49.7 Å². The van der Waals surface area contributed by atoms with Gasteiger partial charge in [-0.2, -0.15) is 0 Å².